The minimum atomic E-state index is -0.237. The van der Waals surface area contributed by atoms with Crippen LogP contribution in [0.5, 0.6) is 0 Å². The van der Waals surface area contributed by atoms with Gasteiger partial charge in [-0.15, -0.1) is 0 Å². The Morgan fingerprint density at radius 3 is 1.57 bits per heavy atom. The quantitative estimate of drug-likeness (QED) is 0.477. The van der Waals surface area contributed by atoms with E-state index in [1.165, 1.54) is 21.8 Å². The summed E-state index contributed by atoms with van der Waals surface area (Å²) in [6.45, 7) is 0. The van der Waals surface area contributed by atoms with E-state index >= 15 is 0 Å². The van der Waals surface area contributed by atoms with Crippen molar-refractivity contribution in [2.75, 3.05) is 0 Å². The van der Waals surface area contributed by atoms with Crippen LogP contribution in [0.1, 0.15) is 20.7 Å². The van der Waals surface area contributed by atoms with Crippen LogP contribution in [0, 0.1) is 0 Å². The first-order valence-electron chi connectivity index (χ1n) is 8.76. The maximum absolute atomic E-state index is 13.0. The average Bonchev–Trinajstić information content (AvgIpc) is 3.37. The zero-order valence-electron chi connectivity index (χ0n) is 14.7. The number of imidazole rings is 2. The number of rotatable bonds is 2. The smallest absolute Gasteiger partial charge is 0.263 e. The number of aromatic nitrogens is 4. The number of nitrogens with zero attached hydrogens (tertiary/aromatic N) is 4. The van der Waals surface area contributed by atoms with Crippen molar-refractivity contribution < 1.29 is 9.59 Å². The lowest BCUT2D eigenvalue weighted by atomic mass is 10.1. The maximum Gasteiger partial charge on any atom is 0.263 e. The predicted molar refractivity (Wildman–Crippen MR) is 105 cm³/mol. The molecule has 2 aromatic heterocycles. The fraction of sp³-hybridized carbons (Fsp3) is 0. The molecule has 2 heterocycles. The van der Waals surface area contributed by atoms with E-state index in [-0.39, 0.29) is 11.8 Å². The van der Waals surface area contributed by atoms with Crippen LogP contribution in [0.3, 0.4) is 0 Å². The standard InChI is InChI=1S/C22H14N4O2/c27-21(25-13-23-17-8-1-3-10-19(17)25)15-6-5-7-16(12-15)22(28)26-14-24-18-9-2-4-11-20(18)26/h1-14H. The highest BCUT2D eigenvalue weighted by Crippen LogP contribution is 2.17. The maximum atomic E-state index is 13.0. The highest BCUT2D eigenvalue weighted by Gasteiger charge is 2.16. The molecule has 0 aliphatic rings. The Bertz CT molecular complexity index is 1260. The van der Waals surface area contributed by atoms with E-state index in [1.807, 2.05) is 48.5 Å². The monoisotopic (exact) mass is 366 g/mol. The molecule has 0 unspecified atom stereocenters. The summed E-state index contributed by atoms with van der Waals surface area (Å²) in [6, 6.07) is 21.5. The van der Waals surface area contributed by atoms with Gasteiger partial charge in [0.05, 0.1) is 22.1 Å². The molecule has 0 fully saturated rings. The number of hydrogen-bond donors (Lipinski definition) is 0. The molecule has 6 heteroatoms. The Balaban J connectivity index is 1.54. The summed E-state index contributed by atoms with van der Waals surface area (Å²) in [7, 11) is 0. The van der Waals surface area contributed by atoms with Crippen LogP contribution in [0.2, 0.25) is 0 Å². The Hall–Kier alpha value is -4.06. The topological polar surface area (TPSA) is 69.8 Å². The molecule has 3 aromatic carbocycles. The first-order valence-corrected chi connectivity index (χ1v) is 8.76. The second-order valence-corrected chi connectivity index (χ2v) is 6.40. The molecule has 134 valence electrons. The molecule has 0 aliphatic heterocycles. The molecule has 0 atom stereocenters. The molecule has 28 heavy (non-hydrogen) atoms. The Morgan fingerprint density at radius 2 is 1.07 bits per heavy atom. The molecule has 0 radical (unpaired) electrons. The van der Waals surface area contributed by atoms with Crippen molar-refractivity contribution in [2.24, 2.45) is 0 Å². The SMILES string of the molecule is O=C(c1cccc(C(=O)n2cnc3ccccc32)c1)n1cnc2ccccc21. The molecule has 5 aromatic rings. The normalized spacial score (nSPS) is 11.1. The molecular formula is C22H14N4O2. The largest absolute Gasteiger partial charge is 0.268 e. The third-order valence-electron chi connectivity index (χ3n) is 4.70. The lowest BCUT2D eigenvalue weighted by Gasteiger charge is -2.07. The van der Waals surface area contributed by atoms with Crippen molar-refractivity contribution >= 4 is 33.9 Å². The van der Waals surface area contributed by atoms with Gasteiger partial charge in [-0.3, -0.25) is 18.7 Å². The van der Waals surface area contributed by atoms with Crippen LogP contribution in [0.4, 0.5) is 0 Å². The van der Waals surface area contributed by atoms with Crippen LogP contribution < -0.4 is 0 Å². The Labute approximate surface area is 159 Å². The van der Waals surface area contributed by atoms with Crippen molar-refractivity contribution in [1.82, 2.24) is 19.1 Å². The van der Waals surface area contributed by atoms with Gasteiger partial charge >= 0.3 is 0 Å². The summed E-state index contributed by atoms with van der Waals surface area (Å²) >= 11 is 0. The van der Waals surface area contributed by atoms with Gasteiger partial charge in [-0.1, -0.05) is 30.3 Å². The lowest BCUT2D eigenvalue weighted by molar-refractivity contribution is 0.0963. The van der Waals surface area contributed by atoms with Gasteiger partial charge < -0.3 is 0 Å². The molecular weight excluding hydrogens is 352 g/mol. The first-order chi connectivity index (χ1) is 13.7. The zero-order valence-corrected chi connectivity index (χ0v) is 14.7. The second-order valence-electron chi connectivity index (χ2n) is 6.40. The van der Waals surface area contributed by atoms with E-state index in [9.17, 15) is 9.59 Å². The van der Waals surface area contributed by atoms with Gasteiger partial charge in [-0.25, -0.2) is 9.97 Å². The van der Waals surface area contributed by atoms with Crippen molar-refractivity contribution in [3.63, 3.8) is 0 Å². The van der Waals surface area contributed by atoms with Gasteiger partial charge in [0.25, 0.3) is 11.8 Å². The molecule has 0 aliphatic carbocycles. The van der Waals surface area contributed by atoms with Crippen molar-refractivity contribution in [3.05, 3.63) is 96.6 Å². The number of benzene rings is 3. The first kappa shape index (κ1) is 16.1. The van der Waals surface area contributed by atoms with E-state index in [0.29, 0.717) is 11.1 Å². The van der Waals surface area contributed by atoms with E-state index in [1.54, 1.807) is 24.3 Å². The minimum Gasteiger partial charge on any atom is -0.268 e. The molecule has 0 saturated carbocycles. The number of fused-ring (bicyclic) bond motifs is 2. The van der Waals surface area contributed by atoms with Gasteiger partial charge in [0.2, 0.25) is 0 Å². The van der Waals surface area contributed by atoms with Crippen LogP contribution in [-0.2, 0) is 0 Å². The fourth-order valence-electron chi connectivity index (χ4n) is 3.31. The summed E-state index contributed by atoms with van der Waals surface area (Å²) in [5, 5.41) is 0. The van der Waals surface area contributed by atoms with Crippen LogP contribution in [-0.4, -0.2) is 30.9 Å². The lowest BCUT2D eigenvalue weighted by Crippen LogP contribution is -2.14. The molecule has 0 bridgehead atoms. The number of para-hydroxylation sites is 4. The second kappa shape index (κ2) is 6.28. The Morgan fingerprint density at radius 1 is 0.607 bits per heavy atom. The van der Waals surface area contributed by atoms with E-state index in [2.05, 4.69) is 9.97 Å². The molecule has 5 rings (SSSR count). The van der Waals surface area contributed by atoms with E-state index < -0.39 is 0 Å². The number of carbonyl (C=O) groups excluding carboxylic acids is 2. The Kier molecular flexibility index (Phi) is 3.62. The highest BCUT2D eigenvalue weighted by atomic mass is 16.2. The van der Waals surface area contributed by atoms with Crippen LogP contribution in [0.25, 0.3) is 22.1 Å². The predicted octanol–water partition coefficient (Wildman–Crippen LogP) is 3.76. The molecule has 0 spiro atoms. The van der Waals surface area contributed by atoms with Gasteiger partial charge in [-0.2, -0.15) is 0 Å². The third-order valence-corrected chi connectivity index (χ3v) is 4.70. The number of carbonyl (C=O) groups is 2. The minimum absolute atomic E-state index is 0.237. The summed E-state index contributed by atoms with van der Waals surface area (Å²) in [5.74, 6) is -0.474. The van der Waals surface area contributed by atoms with Gasteiger partial charge in [0.15, 0.2) is 0 Å². The van der Waals surface area contributed by atoms with Gasteiger partial charge in [-0.05, 0) is 42.5 Å². The molecule has 0 saturated heterocycles. The third kappa shape index (κ3) is 2.51. The summed E-state index contributed by atoms with van der Waals surface area (Å²) in [5.41, 5.74) is 3.77. The van der Waals surface area contributed by atoms with Crippen molar-refractivity contribution in [2.45, 2.75) is 0 Å². The average molecular weight is 366 g/mol. The van der Waals surface area contributed by atoms with Crippen LogP contribution in [0.15, 0.2) is 85.5 Å². The van der Waals surface area contributed by atoms with Crippen molar-refractivity contribution in [1.29, 1.82) is 0 Å². The van der Waals surface area contributed by atoms with E-state index in [4.69, 9.17) is 0 Å². The molecule has 0 amide bonds. The number of hydrogen-bond acceptors (Lipinski definition) is 4. The molecule has 6 nitrogen and oxygen atoms in total. The van der Waals surface area contributed by atoms with Gasteiger partial charge in [0.1, 0.15) is 12.7 Å². The van der Waals surface area contributed by atoms with E-state index in [0.717, 1.165) is 22.1 Å². The van der Waals surface area contributed by atoms with Crippen LogP contribution >= 0.6 is 0 Å². The zero-order chi connectivity index (χ0) is 19.1. The molecule has 0 N–H and O–H groups in total. The van der Waals surface area contributed by atoms with Crippen molar-refractivity contribution in [3.8, 4) is 0 Å². The summed E-state index contributed by atoms with van der Waals surface area (Å²) < 4.78 is 2.98. The fourth-order valence-corrected chi connectivity index (χ4v) is 3.31. The highest BCUT2D eigenvalue weighted by molar-refractivity contribution is 6.05. The summed E-state index contributed by atoms with van der Waals surface area (Å²) in [6.07, 6.45) is 3.01. The summed E-state index contributed by atoms with van der Waals surface area (Å²) in [4.78, 5) is 34.5. The van der Waals surface area contributed by atoms with Gasteiger partial charge in [0, 0.05) is 11.1 Å².